The highest BCUT2D eigenvalue weighted by atomic mass is 19.1. The molecule has 0 radical (unpaired) electrons. The lowest BCUT2D eigenvalue weighted by atomic mass is 10.0. The number of aliphatic hydroxyl groups excluding tert-OH is 1. The normalized spacial score (nSPS) is 12.1. The Labute approximate surface area is 108 Å². The number of aliphatic hydroxyl groups is 1. The maximum absolute atomic E-state index is 13.6. The fourth-order valence-corrected chi connectivity index (χ4v) is 1.73. The van der Waals surface area contributed by atoms with Crippen LogP contribution in [0.5, 0.6) is 5.75 Å². The number of phenols is 1. The summed E-state index contributed by atoms with van der Waals surface area (Å²) in [5.74, 6) is -2.09. The minimum Gasteiger partial charge on any atom is -0.508 e. The van der Waals surface area contributed by atoms with Crippen LogP contribution >= 0.6 is 0 Å². The molecule has 98 valence electrons. The Bertz CT molecular complexity index is 607. The van der Waals surface area contributed by atoms with Gasteiger partial charge in [0.1, 0.15) is 11.6 Å². The lowest BCUT2D eigenvalue weighted by molar-refractivity contribution is -0.146. The van der Waals surface area contributed by atoms with Gasteiger partial charge in [-0.15, -0.1) is 0 Å². The molecule has 3 N–H and O–H groups in total. The Balaban J connectivity index is 2.35. The Morgan fingerprint density at radius 2 is 1.74 bits per heavy atom. The molecular weight excluding hydrogens is 251 g/mol. The van der Waals surface area contributed by atoms with Gasteiger partial charge in [0.05, 0.1) is 0 Å². The van der Waals surface area contributed by atoms with Gasteiger partial charge in [0.25, 0.3) is 0 Å². The van der Waals surface area contributed by atoms with Crippen molar-refractivity contribution in [3.8, 4) is 16.9 Å². The summed E-state index contributed by atoms with van der Waals surface area (Å²) in [5, 5.41) is 27.1. The summed E-state index contributed by atoms with van der Waals surface area (Å²) in [7, 11) is 0. The molecule has 0 heterocycles. The molecule has 0 amide bonds. The quantitative estimate of drug-likeness (QED) is 0.793. The molecule has 5 heteroatoms. The van der Waals surface area contributed by atoms with E-state index in [9.17, 15) is 14.3 Å². The van der Waals surface area contributed by atoms with Crippen molar-refractivity contribution >= 4 is 5.97 Å². The Hall–Kier alpha value is -2.40. The number of carboxylic acids is 1. The molecule has 0 saturated heterocycles. The monoisotopic (exact) mass is 262 g/mol. The highest BCUT2D eigenvalue weighted by molar-refractivity contribution is 5.74. The van der Waals surface area contributed by atoms with E-state index in [2.05, 4.69) is 0 Å². The summed E-state index contributed by atoms with van der Waals surface area (Å²) in [6.07, 6.45) is -1.60. The third kappa shape index (κ3) is 2.71. The lowest BCUT2D eigenvalue weighted by Gasteiger charge is -2.08. The van der Waals surface area contributed by atoms with Crippen molar-refractivity contribution in [3.05, 3.63) is 53.8 Å². The average molecular weight is 262 g/mol. The van der Waals surface area contributed by atoms with Crippen LogP contribution in [0.3, 0.4) is 0 Å². The van der Waals surface area contributed by atoms with Gasteiger partial charge in [0, 0.05) is 11.6 Å². The van der Waals surface area contributed by atoms with Crippen molar-refractivity contribution in [2.24, 2.45) is 0 Å². The van der Waals surface area contributed by atoms with Crippen LogP contribution < -0.4 is 0 Å². The van der Waals surface area contributed by atoms with E-state index in [0.717, 1.165) is 6.07 Å². The van der Waals surface area contributed by atoms with Crippen LogP contribution in [-0.4, -0.2) is 21.3 Å². The van der Waals surface area contributed by atoms with Gasteiger partial charge in [-0.25, -0.2) is 9.18 Å². The number of aromatic hydroxyl groups is 1. The molecule has 0 spiro atoms. The predicted octanol–water partition coefficient (Wildman–Crippen LogP) is 2.32. The first-order valence-corrected chi connectivity index (χ1v) is 5.49. The van der Waals surface area contributed by atoms with E-state index >= 15 is 0 Å². The zero-order chi connectivity index (χ0) is 14.0. The lowest BCUT2D eigenvalue weighted by Crippen LogP contribution is -2.10. The minimum absolute atomic E-state index is 0.167. The van der Waals surface area contributed by atoms with E-state index in [0.29, 0.717) is 5.56 Å². The third-order valence-electron chi connectivity index (χ3n) is 2.72. The van der Waals surface area contributed by atoms with Crippen molar-refractivity contribution in [3.63, 3.8) is 0 Å². The second-order valence-electron chi connectivity index (χ2n) is 4.03. The Kier molecular flexibility index (Phi) is 3.48. The standard InChI is InChI=1S/C14H11FO4/c15-12-7-10(16)5-6-11(12)8-1-3-9(4-2-8)13(17)14(18)19/h1-7,13,16-17H,(H,18,19). The molecule has 2 aromatic rings. The smallest absolute Gasteiger partial charge is 0.337 e. The van der Waals surface area contributed by atoms with E-state index in [-0.39, 0.29) is 16.9 Å². The SMILES string of the molecule is O=C(O)C(O)c1ccc(-c2ccc(O)cc2F)cc1. The second kappa shape index (κ2) is 5.07. The Morgan fingerprint density at radius 3 is 2.26 bits per heavy atom. The van der Waals surface area contributed by atoms with Crippen molar-refractivity contribution in [2.45, 2.75) is 6.10 Å². The first-order chi connectivity index (χ1) is 8.99. The highest BCUT2D eigenvalue weighted by Crippen LogP contribution is 2.27. The Morgan fingerprint density at radius 1 is 1.11 bits per heavy atom. The molecule has 0 aromatic heterocycles. The third-order valence-corrected chi connectivity index (χ3v) is 2.72. The van der Waals surface area contributed by atoms with Crippen LogP contribution in [0.2, 0.25) is 0 Å². The van der Waals surface area contributed by atoms with Crippen molar-refractivity contribution in [1.82, 2.24) is 0 Å². The number of carbonyl (C=O) groups is 1. The summed E-state index contributed by atoms with van der Waals surface area (Å²) in [5.41, 5.74) is 1.03. The molecule has 0 bridgehead atoms. The van der Waals surface area contributed by atoms with E-state index in [1.54, 1.807) is 0 Å². The average Bonchev–Trinajstić information content (AvgIpc) is 2.38. The predicted molar refractivity (Wildman–Crippen MR) is 66.1 cm³/mol. The van der Waals surface area contributed by atoms with Crippen molar-refractivity contribution < 1.29 is 24.5 Å². The molecular formula is C14H11FO4. The van der Waals surface area contributed by atoms with Crippen molar-refractivity contribution in [2.75, 3.05) is 0 Å². The maximum Gasteiger partial charge on any atom is 0.337 e. The number of rotatable bonds is 3. The minimum atomic E-state index is -1.60. The number of hydrogen-bond donors (Lipinski definition) is 3. The number of carboxylic acid groups (broad SMARTS) is 1. The van der Waals surface area contributed by atoms with Gasteiger partial charge in [-0.2, -0.15) is 0 Å². The molecule has 19 heavy (non-hydrogen) atoms. The molecule has 0 fully saturated rings. The summed E-state index contributed by atoms with van der Waals surface area (Å²) in [4.78, 5) is 10.6. The van der Waals surface area contributed by atoms with Crippen LogP contribution in [0.15, 0.2) is 42.5 Å². The highest BCUT2D eigenvalue weighted by Gasteiger charge is 2.15. The fourth-order valence-electron chi connectivity index (χ4n) is 1.73. The number of phenolic OH excluding ortho intramolecular Hbond substituents is 1. The molecule has 1 atom stereocenters. The number of aliphatic carboxylic acids is 1. The van der Waals surface area contributed by atoms with Crippen LogP contribution in [0.25, 0.3) is 11.1 Å². The molecule has 1 unspecified atom stereocenters. The van der Waals surface area contributed by atoms with Gasteiger partial charge in [-0.3, -0.25) is 0 Å². The van der Waals surface area contributed by atoms with Gasteiger partial charge < -0.3 is 15.3 Å². The van der Waals surface area contributed by atoms with Crippen LogP contribution in [0, 0.1) is 5.82 Å². The molecule has 0 aliphatic heterocycles. The first-order valence-electron chi connectivity index (χ1n) is 5.49. The first kappa shape index (κ1) is 13.0. The van der Waals surface area contributed by atoms with Gasteiger partial charge in [-0.05, 0) is 23.3 Å². The van der Waals surface area contributed by atoms with E-state index in [1.807, 2.05) is 0 Å². The van der Waals surface area contributed by atoms with Gasteiger partial charge in [0.15, 0.2) is 6.10 Å². The number of hydrogen-bond acceptors (Lipinski definition) is 3. The fraction of sp³-hybridized carbons (Fsp3) is 0.0714. The molecule has 2 rings (SSSR count). The molecule has 2 aromatic carbocycles. The topological polar surface area (TPSA) is 77.8 Å². The summed E-state index contributed by atoms with van der Waals surface area (Å²) in [6.45, 7) is 0. The number of benzene rings is 2. The summed E-state index contributed by atoms with van der Waals surface area (Å²) >= 11 is 0. The van der Waals surface area contributed by atoms with E-state index in [1.165, 1.54) is 36.4 Å². The van der Waals surface area contributed by atoms with E-state index < -0.39 is 17.9 Å². The zero-order valence-electron chi connectivity index (χ0n) is 9.75. The van der Waals surface area contributed by atoms with Crippen LogP contribution in [-0.2, 0) is 4.79 Å². The molecule has 0 aliphatic rings. The van der Waals surface area contributed by atoms with Crippen LogP contribution in [0.4, 0.5) is 4.39 Å². The zero-order valence-corrected chi connectivity index (χ0v) is 9.75. The largest absolute Gasteiger partial charge is 0.508 e. The van der Waals surface area contributed by atoms with Gasteiger partial charge >= 0.3 is 5.97 Å². The number of halogens is 1. The molecule has 4 nitrogen and oxygen atoms in total. The molecule has 0 saturated carbocycles. The second-order valence-corrected chi connectivity index (χ2v) is 4.03. The summed E-state index contributed by atoms with van der Waals surface area (Å²) < 4.78 is 13.6. The van der Waals surface area contributed by atoms with Gasteiger partial charge in [-0.1, -0.05) is 24.3 Å². The summed E-state index contributed by atoms with van der Waals surface area (Å²) in [6, 6.07) is 9.63. The van der Waals surface area contributed by atoms with E-state index in [4.69, 9.17) is 10.2 Å². The van der Waals surface area contributed by atoms with Crippen molar-refractivity contribution in [1.29, 1.82) is 0 Å². The van der Waals surface area contributed by atoms with Crippen LogP contribution in [0.1, 0.15) is 11.7 Å². The van der Waals surface area contributed by atoms with Gasteiger partial charge in [0.2, 0.25) is 0 Å². The maximum atomic E-state index is 13.6. The molecule has 0 aliphatic carbocycles.